The van der Waals surface area contributed by atoms with Crippen LogP contribution in [0.4, 0.5) is 0 Å². The number of allylic oxidation sites excluding steroid dienone is 3. The van der Waals surface area contributed by atoms with Gasteiger partial charge in [-0.05, 0) is 19.8 Å². The van der Waals surface area contributed by atoms with E-state index < -0.39 is 0 Å². The molecule has 48 valence electrons. The molecule has 0 rings (SSSR count). The van der Waals surface area contributed by atoms with E-state index in [1.807, 2.05) is 0 Å². The fraction of sp³-hybridized carbons (Fsp3) is 0.500. The molecule has 0 aliphatic heterocycles. The van der Waals surface area contributed by atoms with Gasteiger partial charge in [0, 0.05) is 0 Å². The summed E-state index contributed by atoms with van der Waals surface area (Å²) in [6.07, 6.45) is 5.90. The maximum Gasteiger partial charge on any atom is 0 e. The summed E-state index contributed by atoms with van der Waals surface area (Å²) in [5.41, 5.74) is 1.36. The molecule has 0 aromatic carbocycles. The predicted molar refractivity (Wildman–Crippen MR) is 37.5 cm³/mol. The largest absolute Gasteiger partial charge is 0.518 e. The molecule has 0 N–H and O–H groups in total. The fourth-order valence-electron chi connectivity index (χ4n) is 0.618. The predicted octanol–water partition coefficient (Wildman–Crippen LogP) is 2.72. The number of hydrogen-bond donors (Lipinski definition) is 0. The molecule has 0 heterocycles. The first kappa shape index (κ1) is 10.5. The Morgan fingerprint density at radius 1 is 1.56 bits per heavy atom. The standard InChI is InChI=1S/C8H13.Rf/c1-4-6-8(3)7-5-2;/h1,4,7H,5-6H2,2-3H3;/q-1;/b8-7-;. The molecular formula is C8H13Rf-. The third kappa shape index (κ3) is 6.48. The summed E-state index contributed by atoms with van der Waals surface area (Å²) in [6.45, 7) is 9.41. The van der Waals surface area contributed by atoms with Gasteiger partial charge >= 0.3 is 0 Å². The Hall–Kier alpha value is -1.52. The van der Waals surface area contributed by atoms with Crippen molar-refractivity contribution in [2.75, 3.05) is 0 Å². The van der Waals surface area contributed by atoms with Gasteiger partial charge in [-0.1, -0.05) is 18.6 Å². The van der Waals surface area contributed by atoms with Crippen molar-refractivity contribution in [2.24, 2.45) is 0 Å². The zero-order valence-electron chi connectivity index (χ0n) is 6.35. The van der Waals surface area contributed by atoms with Crippen molar-refractivity contribution in [3.8, 4) is 0 Å². The van der Waals surface area contributed by atoms with Gasteiger partial charge in [0.2, 0.25) is 0 Å². The number of hydrogen-bond acceptors (Lipinski definition) is 0. The van der Waals surface area contributed by atoms with Gasteiger partial charge in [0.15, 0.2) is 0 Å². The first-order chi connectivity index (χ1) is 3.81. The molecule has 0 aliphatic carbocycles. The van der Waals surface area contributed by atoms with Crippen LogP contribution in [0.2, 0.25) is 0 Å². The molecule has 0 spiro atoms. The smallest absolute Gasteiger partial charge is 0 e. The average Bonchev–Trinajstić information content (AvgIpc) is 1.68. The maximum atomic E-state index is 5.19. The van der Waals surface area contributed by atoms with E-state index in [1.54, 1.807) is 6.08 Å². The summed E-state index contributed by atoms with van der Waals surface area (Å²) in [7, 11) is 0. The minimum Gasteiger partial charge on any atom is -0.518 e. The molecule has 0 saturated heterocycles. The Balaban J connectivity index is 0. The van der Waals surface area contributed by atoms with Crippen molar-refractivity contribution in [3.05, 3.63) is 24.3 Å². The first-order valence-electron chi connectivity index (χ1n) is 3.00. The molecule has 0 fully saturated rings. The van der Waals surface area contributed by atoms with Crippen molar-refractivity contribution in [1.29, 1.82) is 0 Å². The van der Waals surface area contributed by atoms with Gasteiger partial charge in [0.25, 0.3) is 0 Å². The van der Waals surface area contributed by atoms with Crippen LogP contribution in [0.5, 0.6) is 0 Å². The van der Waals surface area contributed by atoms with E-state index in [-0.39, 0.29) is 0 Å². The second-order valence-corrected chi connectivity index (χ2v) is 1.90. The zero-order chi connectivity index (χ0) is 6.41. The van der Waals surface area contributed by atoms with Gasteiger partial charge in [-0.2, -0.15) is 0 Å². The van der Waals surface area contributed by atoms with Crippen LogP contribution in [-0.4, -0.2) is 0 Å². The molecular weight excluding hydrogens is 363 g/mol. The normalized spacial score (nSPS) is 10.2. The van der Waals surface area contributed by atoms with Crippen LogP contribution in [0.1, 0.15) is 26.7 Å². The van der Waals surface area contributed by atoms with E-state index in [0.29, 0.717) is 0 Å². The van der Waals surface area contributed by atoms with Crippen LogP contribution in [0.3, 0.4) is 0 Å². The van der Waals surface area contributed by atoms with Gasteiger partial charge in [0.05, 0.1) is 0 Å². The summed E-state index contributed by atoms with van der Waals surface area (Å²) < 4.78 is 0. The third-order valence-electron chi connectivity index (χ3n) is 0.992. The van der Waals surface area contributed by atoms with Crippen LogP contribution < -0.4 is 0 Å². The van der Waals surface area contributed by atoms with Gasteiger partial charge in [-0.3, -0.25) is 6.08 Å². The van der Waals surface area contributed by atoms with Crippen LogP contribution in [0.15, 0.2) is 17.7 Å². The van der Waals surface area contributed by atoms with Crippen LogP contribution >= 0.6 is 0 Å². The van der Waals surface area contributed by atoms with E-state index in [9.17, 15) is 0 Å². The average molecular weight is 376 g/mol. The Kier molecular flexibility index (Phi) is 7.53. The van der Waals surface area contributed by atoms with Crippen molar-refractivity contribution in [3.63, 3.8) is 0 Å². The Bertz CT molecular complexity index is 92.7. The molecule has 0 bridgehead atoms. The van der Waals surface area contributed by atoms with Crippen LogP contribution in [-0.2, 0) is 0 Å². The van der Waals surface area contributed by atoms with Gasteiger partial charge in [-0.15, -0.1) is 0 Å². The first-order valence-corrected chi connectivity index (χ1v) is 3.00. The quantitative estimate of drug-likeness (QED) is 0.525. The molecule has 9 heavy (non-hydrogen) atoms. The van der Waals surface area contributed by atoms with Gasteiger partial charge in [0.1, 0.15) is 0 Å². The number of rotatable bonds is 3. The van der Waals surface area contributed by atoms with E-state index in [4.69, 9.17) is 6.58 Å². The van der Waals surface area contributed by atoms with Crippen molar-refractivity contribution in [2.45, 2.75) is 26.7 Å². The third-order valence-corrected chi connectivity index (χ3v) is 0.992. The topological polar surface area (TPSA) is 0 Å². The molecule has 0 aliphatic rings. The monoisotopic (exact) mass is 376 g/mol. The molecule has 0 aromatic rings. The second-order valence-electron chi connectivity index (χ2n) is 1.90. The molecule has 0 nitrogen and oxygen atoms in total. The molecule has 0 aromatic heterocycles. The van der Waals surface area contributed by atoms with E-state index in [1.165, 1.54) is 5.57 Å². The molecule has 0 amide bonds. The van der Waals surface area contributed by atoms with Gasteiger partial charge in [-0.25, -0.2) is 0 Å². The SMILES string of the molecule is [CH-]=CC/C(C)=C\CC.[Rf]. The summed E-state index contributed by atoms with van der Waals surface area (Å²) in [4.78, 5) is 0. The Morgan fingerprint density at radius 2 is 2.11 bits per heavy atom. The molecule has 0 saturated carbocycles. The second kappa shape index (κ2) is 6.48. The van der Waals surface area contributed by atoms with Crippen molar-refractivity contribution >= 4 is 0 Å². The van der Waals surface area contributed by atoms with Crippen LogP contribution in [0, 0.1) is 6.58 Å². The Morgan fingerprint density at radius 3 is 2.44 bits per heavy atom. The summed E-state index contributed by atoms with van der Waals surface area (Å²) in [6, 6.07) is 0. The van der Waals surface area contributed by atoms with Crippen LogP contribution in [0.25, 0.3) is 0 Å². The molecule has 1 heteroatoms. The van der Waals surface area contributed by atoms with E-state index >= 15 is 0 Å². The fourth-order valence-corrected chi connectivity index (χ4v) is 0.618. The molecule has 0 unspecified atom stereocenters. The summed E-state index contributed by atoms with van der Waals surface area (Å²) in [5.74, 6) is 0. The Labute approximate surface area is 51.9 Å². The summed E-state index contributed by atoms with van der Waals surface area (Å²) >= 11 is 0. The maximum absolute atomic E-state index is 5.19. The minimum absolute atomic E-state index is 0. The molecule has 0 atom stereocenters. The van der Waals surface area contributed by atoms with Crippen molar-refractivity contribution in [1.82, 2.24) is 0 Å². The van der Waals surface area contributed by atoms with E-state index in [2.05, 4.69) is 19.9 Å². The van der Waals surface area contributed by atoms with Gasteiger partial charge < -0.3 is 6.58 Å². The molecule has 0 radical (unpaired) electrons. The summed E-state index contributed by atoms with van der Waals surface area (Å²) in [5, 5.41) is 0. The van der Waals surface area contributed by atoms with E-state index in [0.717, 1.165) is 12.8 Å². The zero-order valence-corrected chi connectivity index (χ0v) is 12.8. The van der Waals surface area contributed by atoms with Crippen molar-refractivity contribution < 1.29 is 0 Å². The minimum atomic E-state index is 0.